The summed E-state index contributed by atoms with van der Waals surface area (Å²) in [7, 11) is 0. The third-order valence-electron chi connectivity index (χ3n) is 2.05. The van der Waals surface area contributed by atoms with Crippen molar-refractivity contribution in [2.45, 2.75) is 6.92 Å². The van der Waals surface area contributed by atoms with Gasteiger partial charge in [-0.3, -0.25) is 0 Å². The summed E-state index contributed by atoms with van der Waals surface area (Å²) in [5.41, 5.74) is 1.02. The Kier molecular flexibility index (Phi) is 3.79. The lowest BCUT2D eigenvalue weighted by Crippen LogP contribution is -1.91. The van der Waals surface area contributed by atoms with E-state index in [-0.39, 0.29) is 5.82 Å². The van der Waals surface area contributed by atoms with E-state index >= 15 is 0 Å². The van der Waals surface area contributed by atoms with Gasteiger partial charge in [0.25, 0.3) is 0 Å². The number of nitrogens with zero attached hydrogens (tertiary/aromatic N) is 1. The van der Waals surface area contributed by atoms with Gasteiger partial charge < -0.3 is 4.74 Å². The molecule has 0 saturated heterocycles. The minimum absolute atomic E-state index is 0.370. The van der Waals surface area contributed by atoms with E-state index in [1.165, 1.54) is 6.07 Å². The molecule has 0 aliphatic rings. The van der Waals surface area contributed by atoms with E-state index in [9.17, 15) is 4.39 Å². The van der Waals surface area contributed by atoms with Crippen molar-refractivity contribution in [1.82, 2.24) is 4.98 Å². The molecule has 2 aromatic rings. The van der Waals surface area contributed by atoms with Gasteiger partial charge in [-0.2, -0.15) is 0 Å². The maximum atomic E-state index is 13.3. The Bertz CT molecular complexity index is 560. The molecule has 1 aromatic heterocycles. The standard InChI is InChI=1S/C12H8Br2FNO/c1-7-4-10(14)12(16-6-7)17-8-2-3-9(13)11(15)5-8/h2-6H,1H3. The van der Waals surface area contributed by atoms with Crippen LogP contribution in [0.3, 0.4) is 0 Å². The van der Waals surface area contributed by atoms with Gasteiger partial charge in [-0.15, -0.1) is 0 Å². The highest BCUT2D eigenvalue weighted by Gasteiger charge is 2.06. The zero-order chi connectivity index (χ0) is 12.4. The zero-order valence-corrected chi connectivity index (χ0v) is 12.0. The normalized spacial score (nSPS) is 10.4. The van der Waals surface area contributed by atoms with Gasteiger partial charge in [-0.05, 0) is 62.5 Å². The average molecular weight is 361 g/mol. The summed E-state index contributed by atoms with van der Waals surface area (Å²) in [6.45, 7) is 1.93. The fourth-order valence-electron chi connectivity index (χ4n) is 1.25. The molecule has 1 heterocycles. The first kappa shape index (κ1) is 12.5. The Labute approximate surface area is 115 Å². The molecule has 2 nitrogen and oxygen atoms in total. The predicted molar refractivity (Wildman–Crippen MR) is 70.8 cm³/mol. The smallest absolute Gasteiger partial charge is 0.233 e. The van der Waals surface area contributed by atoms with Gasteiger partial charge in [0.05, 0.1) is 8.95 Å². The van der Waals surface area contributed by atoms with E-state index < -0.39 is 0 Å². The van der Waals surface area contributed by atoms with Crippen LogP contribution in [0.25, 0.3) is 0 Å². The Morgan fingerprint density at radius 3 is 2.59 bits per heavy atom. The number of pyridine rings is 1. The molecule has 0 aliphatic heterocycles. The van der Waals surface area contributed by atoms with Gasteiger partial charge in [0.1, 0.15) is 11.6 Å². The lowest BCUT2D eigenvalue weighted by atomic mass is 10.3. The van der Waals surface area contributed by atoms with E-state index in [4.69, 9.17) is 4.74 Å². The summed E-state index contributed by atoms with van der Waals surface area (Å²) in [5, 5.41) is 0. The summed E-state index contributed by atoms with van der Waals surface area (Å²) < 4.78 is 19.9. The van der Waals surface area contributed by atoms with Crippen LogP contribution >= 0.6 is 31.9 Å². The van der Waals surface area contributed by atoms with Crippen LogP contribution < -0.4 is 4.74 Å². The third-order valence-corrected chi connectivity index (χ3v) is 3.26. The minimum Gasteiger partial charge on any atom is -0.438 e. The number of rotatable bonds is 2. The molecule has 88 valence electrons. The average Bonchev–Trinajstić information content (AvgIpc) is 2.27. The lowest BCUT2D eigenvalue weighted by molar-refractivity contribution is 0.454. The summed E-state index contributed by atoms with van der Waals surface area (Å²) in [6.07, 6.45) is 1.69. The van der Waals surface area contributed by atoms with E-state index in [0.29, 0.717) is 16.1 Å². The topological polar surface area (TPSA) is 22.1 Å². The number of benzene rings is 1. The highest BCUT2D eigenvalue weighted by atomic mass is 79.9. The van der Waals surface area contributed by atoms with Crippen LogP contribution in [0, 0.1) is 12.7 Å². The molecular formula is C12H8Br2FNO. The number of aryl methyl sites for hydroxylation is 1. The molecule has 0 saturated carbocycles. The molecule has 0 amide bonds. The zero-order valence-electron chi connectivity index (χ0n) is 8.88. The molecule has 5 heteroatoms. The van der Waals surface area contributed by atoms with Crippen LogP contribution in [0.15, 0.2) is 39.4 Å². The molecule has 2 rings (SSSR count). The van der Waals surface area contributed by atoms with Crippen molar-refractivity contribution in [2.75, 3.05) is 0 Å². The van der Waals surface area contributed by atoms with E-state index in [0.717, 1.165) is 10.0 Å². The highest BCUT2D eigenvalue weighted by molar-refractivity contribution is 9.10. The number of ether oxygens (including phenoxy) is 1. The SMILES string of the molecule is Cc1cnc(Oc2ccc(Br)c(F)c2)c(Br)c1. The summed E-state index contributed by atoms with van der Waals surface area (Å²) in [6, 6.07) is 6.45. The second-order valence-corrected chi connectivity index (χ2v) is 5.19. The number of hydrogen-bond donors (Lipinski definition) is 0. The van der Waals surface area contributed by atoms with Gasteiger partial charge in [-0.1, -0.05) is 0 Å². The highest BCUT2D eigenvalue weighted by Crippen LogP contribution is 2.29. The van der Waals surface area contributed by atoms with E-state index in [1.807, 2.05) is 13.0 Å². The molecule has 0 N–H and O–H groups in total. The molecule has 0 atom stereocenters. The molecule has 17 heavy (non-hydrogen) atoms. The fraction of sp³-hybridized carbons (Fsp3) is 0.0833. The predicted octanol–water partition coefficient (Wildman–Crippen LogP) is 4.85. The van der Waals surface area contributed by atoms with Gasteiger partial charge >= 0.3 is 0 Å². The molecule has 0 aliphatic carbocycles. The van der Waals surface area contributed by atoms with Crippen LogP contribution in [0.5, 0.6) is 11.6 Å². The van der Waals surface area contributed by atoms with Crippen molar-refractivity contribution in [3.8, 4) is 11.6 Å². The maximum Gasteiger partial charge on any atom is 0.233 e. The Morgan fingerprint density at radius 1 is 1.18 bits per heavy atom. The van der Waals surface area contributed by atoms with Crippen LogP contribution in [0.2, 0.25) is 0 Å². The van der Waals surface area contributed by atoms with Crippen LogP contribution in [-0.2, 0) is 0 Å². The Morgan fingerprint density at radius 2 is 1.94 bits per heavy atom. The van der Waals surface area contributed by atoms with Crippen molar-refractivity contribution in [3.63, 3.8) is 0 Å². The molecule has 0 fully saturated rings. The van der Waals surface area contributed by atoms with Gasteiger partial charge in [-0.25, -0.2) is 9.37 Å². The number of hydrogen-bond acceptors (Lipinski definition) is 2. The van der Waals surface area contributed by atoms with Crippen molar-refractivity contribution >= 4 is 31.9 Å². The summed E-state index contributed by atoms with van der Waals surface area (Å²) >= 11 is 6.43. The molecular weight excluding hydrogens is 353 g/mol. The monoisotopic (exact) mass is 359 g/mol. The minimum atomic E-state index is -0.370. The number of aromatic nitrogens is 1. The molecule has 0 spiro atoms. The van der Waals surface area contributed by atoms with E-state index in [2.05, 4.69) is 36.8 Å². The summed E-state index contributed by atoms with van der Waals surface area (Å²) in [5.74, 6) is 0.450. The quantitative estimate of drug-likeness (QED) is 0.763. The van der Waals surface area contributed by atoms with Gasteiger partial charge in [0, 0.05) is 12.3 Å². The first-order chi connectivity index (χ1) is 8.06. The van der Waals surface area contributed by atoms with Crippen LogP contribution in [0.4, 0.5) is 4.39 Å². The van der Waals surface area contributed by atoms with Gasteiger partial charge in [0.15, 0.2) is 0 Å². The van der Waals surface area contributed by atoms with Gasteiger partial charge in [0.2, 0.25) is 5.88 Å². The molecule has 0 bridgehead atoms. The van der Waals surface area contributed by atoms with Crippen molar-refractivity contribution in [3.05, 3.63) is 50.8 Å². The second-order valence-electron chi connectivity index (χ2n) is 3.48. The third kappa shape index (κ3) is 3.04. The first-order valence-corrected chi connectivity index (χ1v) is 6.40. The van der Waals surface area contributed by atoms with Crippen molar-refractivity contribution < 1.29 is 9.13 Å². The largest absolute Gasteiger partial charge is 0.438 e. The molecule has 1 aromatic carbocycles. The fourth-order valence-corrected chi connectivity index (χ4v) is 2.04. The summed E-state index contributed by atoms with van der Waals surface area (Å²) in [4.78, 5) is 4.12. The van der Waals surface area contributed by atoms with Crippen LogP contribution in [-0.4, -0.2) is 4.98 Å². The number of halogens is 3. The Hall–Kier alpha value is -0.940. The van der Waals surface area contributed by atoms with Crippen molar-refractivity contribution in [2.24, 2.45) is 0 Å². The van der Waals surface area contributed by atoms with E-state index in [1.54, 1.807) is 18.3 Å². The Balaban J connectivity index is 2.28. The first-order valence-electron chi connectivity index (χ1n) is 4.81. The second kappa shape index (κ2) is 5.14. The van der Waals surface area contributed by atoms with Crippen molar-refractivity contribution in [1.29, 1.82) is 0 Å². The lowest BCUT2D eigenvalue weighted by Gasteiger charge is -2.07. The maximum absolute atomic E-state index is 13.3. The molecule has 0 unspecified atom stereocenters. The van der Waals surface area contributed by atoms with Crippen LogP contribution in [0.1, 0.15) is 5.56 Å². The molecule has 0 radical (unpaired) electrons.